The first-order valence-corrected chi connectivity index (χ1v) is 10.4. The first kappa shape index (κ1) is 18.5. The van der Waals surface area contributed by atoms with Crippen molar-refractivity contribution in [2.45, 2.75) is 50.0 Å². The van der Waals surface area contributed by atoms with Crippen molar-refractivity contribution < 1.29 is 17.9 Å². The monoisotopic (exact) mass is 386 g/mol. The normalized spacial score (nSPS) is 18.8. The van der Waals surface area contributed by atoms with E-state index >= 15 is 0 Å². The fraction of sp³-hybridized carbons (Fsp3) is 0.588. The predicted molar refractivity (Wildman–Crippen MR) is 96.8 cm³/mol. The molecule has 1 fully saturated rings. The smallest absolute Gasteiger partial charge is 0.244 e. The van der Waals surface area contributed by atoms with Crippen molar-refractivity contribution in [2.75, 3.05) is 25.1 Å². The Bertz CT molecular complexity index is 775. The molecule has 3 rings (SSSR count). The van der Waals surface area contributed by atoms with Gasteiger partial charge in [-0.3, -0.25) is 4.79 Å². The molecule has 1 aliphatic carbocycles. The highest BCUT2D eigenvalue weighted by Crippen LogP contribution is 2.39. The van der Waals surface area contributed by atoms with Crippen LogP contribution >= 0.6 is 11.6 Å². The Morgan fingerprint density at radius 3 is 2.60 bits per heavy atom. The standard InChI is InChI=1S/C17H23ClN2O4S/c1-12(21)20-8-9-24-16-11-17(14(18)10-15(16)20)25(22,23)19(2)13-6-4-3-5-7-13/h10-11,13H,3-9H2,1-2H3. The predicted octanol–water partition coefficient (Wildman–Crippen LogP) is 3.04. The van der Waals surface area contributed by atoms with Gasteiger partial charge in [0.2, 0.25) is 15.9 Å². The average molecular weight is 387 g/mol. The first-order chi connectivity index (χ1) is 11.8. The van der Waals surface area contributed by atoms with Crippen LogP contribution in [0.4, 0.5) is 5.69 Å². The molecule has 25 heavy (non-hydrogen) atoms. The lowest BCUT2D eigenvalue weighted by molar-refractivity contribution is -0.116. The van der Waals surface area contributed by atoms with Crippen LogP contribution in [0.25, 0.3) is 0 Å². The molecule has 6 nitrogen and oxygen atoms in total. The van der Waals surface area contributed by atoms with Crippen LogP contribution in [-0.4, -0.2) is 44.9 Å². The zero-order chi connectivity index (χ0) is 18.2. The molecule has 1 amide bonds. The maximum atomic E-state index is 13.1. The third-order valence-electron chi connectivity index (χ3n) is 5.00. The van der Waals surface area contributed by atoms with E-state index in [1.54, 1.807) is 11.9 Å². The van der Waals surface area contributed by atoms with Gasteiger partial charge in [0, 0.05) is 26.1 Å². The second-order valence-corrected chi connectivity index (χ2v) is 8.96. The third kappa shape index (κ3) is 3.50. The molecule has 1 aliphatic heterocycles. The Morgan fingerprint density at radius 2 is 1.96 bits per heavy atom. The average Bonchev–Trinajstić information content (AvgIpc) is 2.60. The van der Waals surface area contributed by atoms with Gasteiger partial charge in [-0.2, -0.15) is 4.31 Å². The quantitative estimate of drug-likeness (QED) is 0.800. The molecule has 2 aliphatic rings. The molecular formula is C17H23ClN2O4S. The van der Waals surface area contributed by atoms with Crippen LogP contribution in [0.5, 0.6) is 5.75 Å². The van der Waals surface area contributed by atoms with Gasteiger partial charge < -0.3 is 9.64 Å². The summed E-state index contributed by atoms with van der Waals surface area (Å²) in [5.41, 5.74) is 0.517. The third-order valence-corrected chi connectivity index (χ3v) is 7.38. The zero-order valence-corrected chi connectivity index (χ0v) is 16.1. The maximum Gasteiger partial charge on any atom is 0.244 e. The summed E-state index contributed by atoms with van der Waals surface area (Å²) in [6, 6.07) is 2.96. The highest BCUT2D eigenvalue weighted by Gasteiger charge is 2.33. The van der Waals surface area contributed by atoms with E-state index < -0.39 is 10.0 Å². The SMILES string of the molecule is CC(=O)N1CCOc2cc(S(=O)(=O)N(C)C3CCCCC3)c(Cl)cc21. The van der Waals surface area contributed by atoms with Crippen LogP contribution in [0, 0.1) is 0 Å². The lowest BCUT2D eigenvalue weighted by Crippen LogP contribution is -2.39. The summed E-state index contributed by atoms with van der Waals surface area (Å²) in [5.74, 6) is 0.247. The van der Waals surface area contributed by atoms with Crippen molar-refractivity contribution >= 4 is 33.2 Å². The number of nitrogens with zero attached hydrogens (tertiary/aromatic N) is 2. The van der Waals surface area contributed by atoms with E-state index in [1.165, 1.54) is 23.4 Å². The number of anilines is 1. The summed E-state index contributed by atoms with van der Waals surface area (Å²) in [7, 11) is -2.11. The highest BCUT2D eigenvalue weighted by molar-refractivity contribution is 7.89. The van der Waals surface area contributed by atoms with Gasteiger partial charge in [0.25, 0.3) is 0 Å². The van der Waals surface area contributed by atoms with Crippen LogP contribution < -0.4 is 9.64 Å². The van der Waals surface area contributed by atoms with Crippen molar-refractivity contribution in [1.82, 2.24) is 4.31 Å². The minimum atomic E-state index is -3.72. The number of fused-ring (bicyclic) bond motifs is 1. The number of ether oxygens (including phenoxy) is 1. The molecule has 0 saturated heterocycles. The van der Waals surface area contributed by atoms with Gasteiger partial charge >= 0.3 is 0 Å². The van der Waals surface area contributed by atoms with Crippen molar-refractivity contribution in [3.63, 3.8) is 0 Å². The number of hydrogen-bond acceptors (Lipinski definition) is 4. The number of rotatable bonds is 3. The number of carbonyl (C=O) groups excluding carboxylic acids is 1. The molecule has 0 spiro atoms. The van der Waals surface area contributed by atoms with E-state index in [9.17, 15) is 13.2 Å². The molecule has 0 radical (unpaired) electrons. The van der Waals surface area contributed by atoms with Gasteiger partial charge in [-0.15, -0.1) is 0 Å². The molecule has 138 valence electrons. The summed E-state index contributed by atoms with van der Waals surface area (Å²) in [6.45, 7) is 2.21. The molecule has 1 aromatic rings. The van der Waals surface area contributed by atoms with Crippen molar-refractivity contribution in [1.29, 1.82) is 0 Å². The number of benzene rings is 1. The van der Waals surface area contributed by atoms with Gasteiger partial charge in [0.1, 0.15) is 17.3 Å². The topological polar surface area (TPSA) is 66.9 Å². The minimum Gasteiger partial charge on any atom is -0.489 e. The van der Waals surface area contributed by atoms with Crippen LogP contribution in [0.2, 0.25) is 5.02 Å². The fourth-order valence-electron chi connectivity index (χ4n) is 3.54. The van der Waals surface area contributed by atoms with Crippen molar-refractivity contribution in [3.8, 4) is 5.75 Å². The number of carbonyl (C=O) groups is 1. The maximum absolute atomic E-state index is 13.1. The van der Waals surface area contributed by atoms with Gasteiger partial charge in [-0.05, 0) is 18.9 Å². The molecule has 0 atom stereocenters. The van der Waals surface area contributed by atoms with Crippen LogP contribution in [-0.2, 0) is 14.8 Å². The second kappa shape index (κ2) is 7.13. The van der Waals surface area contributed by atoms with Gasteiger partial charge in [0.15, 0.2) is 0 Å². The van der Waals surface area contributed by atoms with Gasteiger partial charge in [0.05, 0.1) is 17.3 Å². The first-order valence-electron chi connectivity index (χ1n) is 8.55. The lowest BCUT2D eigenvalue weighted by atomic mass is 9.96. The van der Waals surface area contributed by atoms with E-state index in [1.807, 2.05) is 0 Å². The van der Waals surface area contributed by atoms with Gasteiger partial charge in [-0.1, -0.05) is 30.9 Å². The van der Waals surface area contributed by atoms with Gasteiger partial charge in [-0.25, -0.2) is 8.42 Å². The van der Waals surface area contributed by atoms with Crippen molar-refractivity contribution in [3.05, 3.63) is 17.2 Å². The number of sulfonamides is 1. The van der Waals surface area contributed by atoms with Crippen LogP contribution in [0.3, 0.4) is 0 Å². The molecule has 1 aromatic carbocycles. The Balaban J connectivity index is 1.98. The number of hydrogen-bond donors (Lipinski definition) is 0. The summed E-state index contributed by atoms with van der Waals surface area (Å²) >= 11 is 6.30. The molecule has 0 aromatic heterocycles. The zero-order valence-electron chi connectivity index (χ0n) is 14.5. The van der Waals surface area contributed by atoms with Crippen LogP contribution in [0.15, 0.2) is 17.0 Å². The Kier molecular flexibility index (Phi) is 5.27. The summed E-state index contributed by atoms with van der Waals surface area (Å²) in [5, 5.41) is 0.109. The molecule has 8 heteroatoms. The summed E-state index contributed by atoms with van der Waals surface area (Å²) in [6.07, 6.45) is 4.97. The molecule has 0 N–H and O–H groups in total. The van der Waals surface area contributed by atoms with E-state index in [4.69, 9.17) is 16.3 Å². The van der Waals surface area contributed by atoms with E-state index in [0.29, 0.717) is 24.6 Å². The van der Waals surface area contributed by atoms with E-state index in [2.05, 4.69) is 0 Å². The van der Waals surface area contributed by atoms with E-state index in [-0.39, 0.29) is 21.9 Å². The number of amides is 1. The summed E-state index contributed by atoms with van der Waals surface area (Å²) in [4.78, 5) is 13.4. The molecule has 0 bridgehead atoms. The summed E-state index contributed by atoms with van der Waals surface area (Å²) < 4.78 is 33.1. The molecule has 1 saturated carbocycles. The Labute approximate surface area is 153 Å². The van der Waals surface area contributed by atoms with Crippen LogP contribution in [0.1, 0.15) is 39.0 Å². The van der Waals surface area contributed by atoms with Crippen molar-refractivity contribution in [2.24, 2.45) is 0 Å². The van der Waals surface area contributed by atoms with E-state index in [0.717, 1.165) is 32.1 Å². The molecule has 1 heterocycles. The fourth-order valence-corrected chi connectivity index (χ4v) is 5.46. The molecule has 0 unspecified atom stereocenters. The molecular weight excluding hydrogens is 364 g/mol. The largest absolute Gasteiger partial charge is 0.489 e. The second-order valence-electron chi connectivity index (χ2n) is 6.58. The lowest BCUT2D eigenvalue weighted by Gasteiger charge is -2.32. The highest BCUT2D eigenvalue weighted by atomic mass is 35.5. The Hall–Kier alpha value is -1.31. The minimum absolute atomic E-state index is 0.000449. The Morgan fingerprint density at radius 1 is 1.28 bits per heavy atom. The number of halogens is 1.